The van der Waals surface area contributed by atoms with Gasteiger partial charge in [-0.05, 0) is 23.3 Å². The Morgan fingerprint density at radius 3 is 2.17 bits per heavy atom. The maximum atomic E-state index is 13.3. The lowest BCUT2D eigenvalue weighted by Gasteiger charge is -2.32. The highest BCUT2D eigenvalue weighted by atomic mass is 16.3. The van der Waals surface area contributed by atoms with E-state index in [0.29, 0.717) is 12.3 Å². The number of hydrogen-bond donors (Lipinski definition) is 1. The van der Waals surface area contributed by atoms with Crippen molar-refractivity contribution in [3.8, 4) is 0 Å². The fourth-order valence-corrected chi connectivity index (χ4v) is 3.20. The Kier molecular flexibility index (Phi) is 6.85. The first-order valence-corrected chi connectivity index (χ1v) is 9.75. The van der Waals surface area contributed by atoms with Crippen molar-refractivity contribution in [2.75, 3.05) is 0 Å². The summed E-state index contributed by atoms with van der Waals surface area (Å²) >= 11 is 0. The van der Waals surface area contributed by atoms with Crippen LogP contribution < -0.4 is 5.32 Å². The number of carbonyl (C=O) groups excluding carboxylic acids is 2. The van der Waals surface area contributed by atoms with Crippen molar-refractivity contribution >= 4 is 11.8 Å². The normalized spacial score (nSPS) is 11.8. The van der Waals surface area contributed by atoms with E-state index < -0.39 is 6.04 Å². The highest BCUT2D eigenvalue weighted by Crippen LogP contribution is 2.25. The Morgan fingerprint density at radius 2 is 1.59 bits per heavy atom. The Labute approximate surface area is 171 Å². The van der Waals surface area contributed by atoms with Crippen LogP contribution in [0, 0.1) is 5.92 Å². The number of nitrogens with one attached hydrogen (secondary N) is 1. The van der Waals surface area contributed by atoms with E-state index in [-0.39, 0.29) is 24.3 Å². The lowest BCUT2D eigenvalue weighted by atomic mass is 10.0. The van der Waals surface area contributed by atoms with Crippen molar-refractivity contribution < 1.29 is 14.0 Å². The fourth-order valence-electron chi connectivity index (χ4n) is 3.20. The molecular formula is C24H26N2O3. The Morgan fingerprint density at radius 1 is 0.931 bits per heavy atom. The molecule has 2 amide bonds. The van der Waals surface area contributed by atoms with Gasteiger partial charge in [0, 0.05) is 12.5 Å². The molecule has 0 radical (unpaired) electrons. The molecule has 0 aliphatic carbocycles. The van der Waals surface area contributed by atoms with Gasteiger partial charge < -0.3 is 14.6 Å². The van der Waals surface area contributed by atoms with E-state index in [0.717, 1.165) is 11.1 Å². The fraction of sp³-hybridized carbons (Fsp3) is 0.250. The largest absolute Gasteiger partial charge is 0.467 e. The molecule has 0 spiro atoms. The van der Waals surface area contributed by atoms with Gasteiger partial charge in [0.25, 0.3) is 0 Å². The number of hydrogen-bond acceptors (Lipinski definition) is 3. The SMILES string of the molecule is CC(C)C(=O)N(Cc1ccccc1)[C@@H](C(=O)NCc1ccco1)c1ccccc1. The van der Waals surface area contributed by atoms with Crippen LogP contribution >= 0.6 is 0 Å². The Balaban J connectivity index is 1.93. The highest BCUT2D eigenvalue weighted by Gasteiger charge is 2.32. The van der Waals surface area contributed by atoms with Crippen LogP contribution in [0.5, 0.6) is 0 Å². The number of amides is 2. The summed E-state index contributed by atoms with van der Waals surface area (Å²) in [6, 6.07) is 22.0. The Hall–Kier alpha value is -3.34. The number of benzene rings is 2. The standard InChI is InChI=1S/C24H26N2O3/c1-18(2)24(28)26(17-19-10-5-3-6-11-19)22(20-12-7-4-8-13-20)23(27)25-16-21-14-9-15-29-21/h3-15,18,22H,16-17H2,1-2H3,(H,25,27)/t22-/m1/s1. The van der Waals surface area contributed by atoms with Crippen molar-refractivity contribution in [3.63, 3.8) is 0 Å². The summed E-state index contributed by atoms with van der Waals surface area (Å²) in [4.78, 5) is 28.0. The van der Waals surface area contributed by atoms with Gasteiger partial charge in [-0.1, -0.05) is 74.5 Å². The summed E-state index contributed by atoms with van der Waals surface area (Å²) in [5.41, 5.74) is 1.75. The maximum absolute atomic E-state index is 13.3. The summed E-state index contributed by atoms with van der Waals surface area (Å²) in [5, 5.41) is 2.92. The average Bonchev–Trinajstić information content (AvgIpc) is 3.26. The zero-order valence-electron chi connectivity index (χ0n) is 16.7. The molecule has 3 aromatic rings. The summed E-state index contributed by atoms with van der Waals surface area (Å²) in [6.07, 6.45) is 1.57. The van der Waals surface area contributed by atoms with Crippen LogP contribution in [-0.4, -0.2) is 16.7 Å². The van der Waals surface area contributed by atoms with E-state index in [1.165, 1.54) is 0 Å². The van der Waals surface area contributed by atoms with Crippen LogP contribution in [0.15, 0.2) is 83.5 Å². The molecule has 0 saturated carbocycles. The monoisotopic (exact) mass is 390 g/mol. The maximum Gasteiger partial charge on any atom is 0.247 e. The van der Waals surface area contributed by atoms with Gasteiger partial charge in [-0.3, -0.25) is 9.59 Å². The van der Waals surface area contributed by atoms with Crippen LogP contribution in [0.1, 0.15) is 36.8 Å². The number of rotatable bonds is 8. The van der Waals surface area contributed by atoms with Gasteiger partial charge in [-0.15, -0.1) is 0 Å². The quantitative estimate of drug-likeness (QED) is 0.623. The average molecular weight is 390 g/mol. The minimum Gasteiger partial charge on any atom is -0.467 e. The molecular weight excluding hydrogens is 364 g/mol. The van der Waals surface area contributed by atoms with Crippen molar-refractivity contribution in [3.05, 3.63) is 95.9 Å². The van der Waals surface area contributed by atoms with Crippen LogP contribution in [0.3, 0.4) is 0 Å². The second kappa shape index (κ2) is 9.73. The molecule has 5 nitrogen and oxygen atoms in total. The van der Waals surface area contributed by atoms with E-state index in [1.54, 1.807) is 23.3 Å². The van der Waals surface area contributed by atoms with Crippen molar-refractivity contribution in [2.24, 2.45) is 5.92 Å². The van der Waals surface area contributed by atoms with E-state index in [1.807, 2.05) is 74.5 Å². The second-order valence-corrected chi connectivity index (χ2v) is 7.22. The van der Waals surface area contributed by atoms with Crippen LogP contribution in [-0.2, 0) is 22.7 Å². The number of carbonyl (C=O) groups is 2. The van der Waals surface area contributed by atoms with Gasteiger partial charge in [0.1, 0.15) is 11.8 Å². The van der Waals surface area contributed by atoms with Crippen LogP contribution in [0.25, 0.3) is 0 Å². The third-order valence-electron chi connectivity index (χ3n) is 4.67. The molecule has 0 aliphatic heterocycles. The molecule has 0 fully saturated rings. The second-order valence-electron chi connectivity index (χ2n) is 7.22. The summed E-state index contributed by atoms with van der Waals surface area (Å²) < 4.78 is 5.32. The topological polar surface area (TPSA) is 62.6 Å². The molecule has 1 heterocycles. The number of nitrogens with zero attached hydrogens (tertiary/aromatic N) is 1. The van der Waals surface area contributed by atoms with Crippen LogP contribution in [0.2, 0.25) is 0 Å². The van der Waals surface area contributed by atoms with Gasteiger partial charge in [0.15, 0.2) is 0 Å². The molecule has 0 saturated heterocycles. The molecule has 2 aromatic carbocycles. The van der Waals surface area contributed by atoms with Crippen molar-refractivity contribution in [2.45, 2.75) is 33.0 Å². The predicted molar refractivity (Wildman–Crippen MR) is 112 cm³/mol. The highest BCUT2D eigenvalue weighted by molar-refractivity contribution is 5.89. The third-order valence-corrected chi connectivity index (χ3v) is 4.67. The van der Waals surface area contributed by atoms with Gasteiger partial charge in [-0.2, -0.15) is 0 Å². The van der Waals surface area contributed by atoms with E-state index in [4.69, 9.17) is 4.42 Å². The number of furan rings is 1. The molecule has 1 aromatic heterocycles. The lowest BCUT2D eigenvalue weighted by Crippen LogP contribution is -2.44. The van der Waals surface area contributed by atoms with Gasteiger partial charge in [0.2, 0.25) is 11.8 Å². The van der Waals surface area contributed by atoms with Crippen molar-refractivity contribution in [1.29, 1.82) is 0 Å². The molecule has 1 N–H and O–H groups in total. The summed E-state index contributed by atoms with van der Waals surface area (Å²) in [6.45, 7) is 4.32. The molecule has 0 aliphatic rings. The minimum atomic E-state index is -0.735. The molecule has 5 heteroatoms. The first-order chi connectivity index (χ1) is 14.1. The summed E-state index contributed by atoms with van der Waals surface area (Å²) in [7, 11) is 0. The third kappa shape index (κ3) is 5.35. The van der Waals surface area contributed by atoms with Crippen LogP contribution in [0.4, 0.5) is 0 Å². The van der Waals surface area contributed by atoms with Crippen molar-refractivity contribution in [1.82, 2.24) is 10.2 Å². The van der Waals surface area contributed by atoms with Gasteiger partial charge in [0.05, 0.1) is 12.8 Å². The van der Waals surface area contributed by atoms with E-state index >= 15 is 0 Å². The molecule has 1 atom stereocenters. The smallest absolute Gasteiger partial charge is 0.247 e. The van der Waals surface area contributed by atoms with Gasteiger partial charge in [-0.25, -0.2) is 0 Å². The molecule has 29 heavy (non-hydrogen) atoms. The molecule has 3 rings (SSSR count). The molecule has 0 unspecified atom stereocenters. The zero-order chi connectivity index (χ0) is 20.6. The zero-order valence-corrected chi connectivity index (χ0v) is 16.7. The Bertz CT molecular complexity index is 906. The minimum absolute atomic E-state index is 0.0733. The molecule has 150 valence electrons. The lowest BCUT2D eigenvalue weighted by molar-refractivity contribution is -0.144. The predicted octanol–water partition coefficient (Wildman–Crippen LogP) is 4.32. The first kappa shape index (κ1) is 20.4. The van der Waals surface area contributed by atoms with Gasteiger partial charge >= 0.3 is 0 Å². The summed E-state index contributed by atoms with van der Waals surface area (Å²) in [5.74, 6) is 0.117. The first-order valence-electron chi connectivity index (χ1n) is 9.75. The van der Waals surface area contributed by atoms with E-state index in [2.05, 4.69) is 5.32 Å². The molecule has 0 bridgehead atoms. The van der Waals surface area contributed by atoms with E-state index in [9.17, 15) is 9.59 Å².